The van der Waals surface area contributed by atoms with E-state index in [0.717, 1.165) is 0 Å². The molecule has 0 aliphatic carbocycles. The molecule has 0 fully saturated rings. The van der Waals surface area contributed by atoms with Crippen molar-refractivity contribution in [1.82, 2.24) is 5.43 Å². The van der Waals surface area contributed by atoms with Gasteiger partial charge in [0.05, 0.1) is 5.69 Å². The molecule has 0 atom stereocenters. The summed E-state index contributed by atoms with van der Waals surface area (Å²) < 4.78 is 4.97. The normalized spacial score (nSPS) is 10.6. The maximum Gasteiger partial charge on any atom is 0.431 e. The molecule has 20 heavy (non-hydrogen) atoms. The van der Waals surface area contributed by atoms with Gasteiger partial charge in [-0.1, -0.05) is 0 Å². The molecule has 0 unspecified atom stereocenters. The van der Waals surface area contributed by atoms with Crippen molar-refractivity contribution in [3.63, 3.8) is 0 Å². The van der Waals surface area contributed by atoms with E-state index in [1.807, 2.05) is 0 Å². The number of hydrogen-bond donors (Lipinski definition) is 2. The molecule has 2 N–H and O–H groups in total. The monoisotopic (exact) mass is 280 g/mol. The van der Waals surface area contributed by atoms with Gasteiger partial charge < -0.3 is 9.84 Å². The van der Waals surface area contributed by atoms with E-state index in [-0.39, 0.29) is 5.69 Å². The van der Waals surface area contributed by atoms with Gasteiger partial charge in [-0.2, -0.15) is 5.01 Å². The zero-order valence-corrected chi connectivity index (χ0v) is 11.4. The molecule has 1 rings (SSSR count). The average Bonchev–Trinajstić information content (AvgIpc) is 2.34. The number of aldehydes is 1. The molecule has 7 heteroatoms. The minimum atomic E-state index is -1.38. The summed E-state index contributed by atoms with van der Waals surface area (Å²) in [6.45, 7) is 4.99. The van der Waals surface area contributed by atoms with E-state index < -0.39 is 17.8 Å². The van der Waals surface area contributed by atoms with E-state index >= 15 is 0 Å². The smallest absolute Gasteiger partial charge is 0.431 e. The second kappa shape index (κ2) is 6.05. The highest BCUT2D eigenvalue weighted by Crippen LogP contribution is 2.14. The lowest BCUT2D eigenvalue weighted by Gasteiger charge is -2.24. The number of hydrogen-bond acceptors (Lipinski definition) is 4. The highest BCUT2D eigenvalue weighted by Gasteiger charge is 2.22. The Morgan fingerprint density at radius 2 is 1.80 bits per heavy atom. The molecule has 0 bridgehead atoms. The van der Waals surface area contributed by atoms with Crippen molar-refractivity contribution >= 4 is 24.2 Å². The molecule has 0 aromatic heterocycles. The summed E-state index contributed by atoms with van der Waals surface area (Å²) >= 11 is 0. The third-order valence-electron chi connectivity index (χ3n) is 2.08. The summed E-state index contributed by atoms with van der Waals surface area (Å²) in [6.07, 6.45) is -1.63. The van der Waals surface area contributed by atoms with Crippen LogP contribution in [-0.4, -0.2) is 29.2 Å². The van der Waals surface area contributed by atoms with Crippen molar-refractivity contribution in [2.75, 3.05) is 5.01 Å². The number of benzene rings is 1. The molecule has 0 saturated heterocycles. The summed E-state index contributed by atoms with van der Waals surface area (Å²) in [6, 6.07) is 5.68. The van der Waals surface area contributed by atoms with Crippen molar-refractivity contribution in [1.29, 1.82) is 0 Å². The molecule has 0 saturated carbocycles. The van der Waals surface area contributed by atoms with Crippen LogP contribution < -0.4 is 10.4 Å². The predicted octanol–water partition coefficient (Wildman–Crippen LogP) is 2.42. The van der Waals surface area contributed by atoms with Gasteiger partial charge in [0.25, 0.3) is 0 Å². The first kappa shape index (κ1) is 15.5. The predicted molar refractivity (Wildman–Crippen MR) is 71.7 cm³/mol. The first-order valence-corrected chi connectivity index (χ1v) is 5.81. The number of carbonyl (C=O) groups is 3. The number of nitrogens with zero attached hydrogens (tertiary/aromatic N) is 1. The van der Waals surface area contributed by atoms with Crippen molar-refractivity contribution in [2.24, 2.45) is 0 Å². The first-order chi connectivity index (χ1) is 9.23. The fourth-order valence-electron chi connectivity index (χ4n) is 1.32. The highest BCUT2D eigenvalue weighted by atomic mass is 16.6. The lowest BCUT2D eigenvalue weighted by molar-refractivity contribution is 0.0518. The van der Waals surface area contributed by atoms with Crippen LogP contribution in [0.15, 0.2) is 24.3 Å². The van der Waals surface area contributed by atoms with Gasteiger partial charge in [0, 0.05) is 5.56 Å². The van der Waals surface area contributed by atoms with Crippen LogP contribution in [0.4, 0.5) is 15.3 Å². The summed E-state index contributed by atoms with van der Waals surface area (Å²) in [5.74, 6) is 0. The topological polar surface area (TPSA) is 95.9 Å². The third-order valence-corrected chi connectivity index (χ3v) is 2.08. The zero-order chi connectivity index (χ0) is 15.3. The Kier molecular flexibility index (Phi) is 4.68. The van der Waals surface area contributed by atoms with Crippen LogP contribution in [0, 0.1) is 0 Å². The van der Waals surface area contributed by atoms with E-state index in [2.05, 4.69) is 5.43 Å². The van der Waals surface area contributed by atoms with Gasteiger partial charge in [-0.15, -0.1) is 0 Å². The molecule has 108 valence electrons. The number of nitrogens with one attached hydrogen (secondary N) is 1. The summed E-state index contributed by atoms with van der Waals surface area (Å²) in [7, 11) is 0. The van der Waals surface area contributed by atoms with Gasteiger partial charge in [-0.3, -0.25) is 4.79 Å². The molecule has 1 aromatic carbocycles. The molecule has 0 aliphatic heterocycles. The van der Waals surface area contributed by atoms with Gasteiger partial charge in [0.1, 0.15) is 11.9 Å². The molecule has 2 amide bonds. The largest absolute Gasteiger partial charge is 0.463 e. The van der Waals surface area contributed by atoms with Crippen LogP contribution in [0.25, 0.3) is 0 Å². The Morgan fingerprint density at radius 3 is 2.20 bits per heavy atom. The van der Waals surface area contributed by atoms with Gasteiger partial charge in [-0.05, 0) is 45.0 Å². The fourth-order valence-corrected chi connectivity index (χ4v) is 1.32. The van der Waals surface area contributed by atoms with Crippen LogP contribution in [0.2, 0.25) is 0 Å². The summed E-state index contributed by atoms with van der Waals surface area (Å²) in [4.78, 5) is 33.3. The second-order valence-electron chi connectivity index (χ2n) is 4.94. The Labute approximate surface area is 116 Å². The number of anilines is 1. The van der Waals surface area contributed by atoms with Crippen LogP contribution in [0.3, 0.4) is 0 Å². The quantitative estimate of drug-likeness (QED) is 0.640. The lowest BCUT2D eigenvalue weighted by atomic mass is 10.2. The number of ether oxygens (including phenoxy) is 1. The molecule has 1 aromatic rings. The van der Waals surface area contributed by atoms with Gasteiger partial charge in [0.15, 0.2) is 0 Å². The van der Waals surface area contributed by atoms with Gasteiger partial charge in [0.2, 0.25) is 0 Å². The SMILES string of the molecule is CC(C)(C)OC(=O)NN(C(=O)O)c1ccc(C=O)cc1. The van der Waals surface area contributed by atoms with Crippen molar-refractivity contribution in [3.05, 3.63) is 29.8 Å². The molecule has 0 spiro atoms. The van der Waals surface area contributed by atoms with E-state index in [0.29, 0.717) is 16.9 Å². The number of amides is 2. The maximum atomic E-state index is 11.6. The van der Waals surface area contributed by atoms with Crippen molar-refractivity contribution in [2.45, 2.75) is 26.4 Å². The minimum absolute atomic E-state index is 0.189. The number of carbonyl (C=O) groups excluding carboxylic acids is 2. The van der Waals surface area contributed by atoms with Crippen LogP contribution >= 0.6 is 0 Å². The molecular weight excluding hydrogens is 264 g/mol. The maximum absolute atomic E-state index is 11.6. The Hall–Kier alpha value is -2.57. The Bertz CT molecular complexity index is 504. The van der Waals surface area contributed by atoms with Gasteiger partial charge >= 0.3 is 12.2 Å². The summed E-state index contributed by atoms with van der Waals surface area (Å²) in [5.41, 5.74) is 1.96. The standard InChI is InChI=1S/C13H16N2O5/c1-13(2,3)20-11(17)14-15(12(18)19)10-6-4-9(8-16)5-7-10/h4-8H,1-3H3,(H,14,17)(H,18,19). The minimum Gasteiger partial charge on any atom is -0.463 e. The molecule has 7 nitrogen and oxygen atoms in total. The number of rotatable bonds is 2. The van der Waals surface area contributed by atoms with E-state index in [9.17, 15) is 14.4 Å². The van der Waals surface area contributed by atoms with Crippen LogP contribution in [-0.2, 0) is 4.74 Å². The van der Waals surface area contributed by atoms with E-state index in [1.54, 1.807) is 20.8 Å². The molecule has 0 radical (unpaired) electrons. The van der Waals surface area contributed by atoms with Crippen molar-refractivity contribution < 1.29 is 24.2 Å². The number of hydrazine groups is 1. The van der Waals surface area contributed by atoms with Crippen LogP contribution in [0.5, 0.6) is 0 Å². The fraction of sp³-hybridized carbons (Fsp3) is 0.308. The molecule has 0 heterocycles. The van der Waals surface area contributed by atoms with E-state index in [4.69, 9.17) is 9.84 Å². The Balaban J connectivity index is 2.86. The van der Waals surface area contributed by atoms with E-state index in [1.165, 1.54) is 24.3 Å². The molecular formula is C13H16N2O5. The summed E-state index contributed by atoms with van der Waals surface area (Å²) in [5, 5.41) is 9.70. The number of carboxylic acid groups (broad SMARTS) is 1. The zero-order valence-electron chi connectivity index (χ0n) is 11.4. The van der Waals surface area contributed by atoms with Crippen molar-refractivity contribution in [3.8, 4) is 0 Å². The van der Waals surface area contributed by atoms with Crippen LogP contribution in [0.1, 0.15) is 31.1 Å². The second-order valence-corrected chi connectivity index (χ2v) is 4.94. The highest BCUT2D eigenvalue weighted by molar-refractivity contribution is 5.89. The Morgan fingerprint density at radius 1 is 1.25 bits per heavy atom. The third kappa shape index (κ3) is 4.60. The molecule has 0 aliphatic rings. The average molecular weight is 280 g/mol. The first-order valence-electron chi connectivity index (χ1n) is 5.81. The lowest BCUT2D eigenvalue weighted by Crippen LogP contribution is -2.47. The van der Waals surface area contributed by atoms with Gasteiger partial charge in [-0.25, -0.2) is 15.0 Å².